The lowest BCUT2D eigenvalue weighted by Crippen LogP contribution is -2.37. The Morgan fingerprint density at radius 1 is 1.32 bits per heavy atom. The van der Waals surface area contributed by atoms with E-state index in [1.54, 1.807) is 12.1 Å². The van der Waals surface area contributed by atoms with Crippen LogP contribution in [0.15, 0.2) is 53.8 Å². The van der Waals surface area contributed by atoms with Crippen LogP contribution in [0.1, 0.15) is 13.8 Å². The predicted molar refractivity (Wildman–Crippen MR) is 74.9 cm³/mol. The van der Waals surface area contributed by atoms with Crippen molar-refractivity contribution in [2.45, 2.75) is 19.9 Å². The molecule has 0 unspecified atom stereocenters. The first-order valence-corrected chi connectivity index (χ1v) is 6.30. The molecule has 4 heteroatoms. The standard InChI is InChI=1S/C15H18N2O2/c1-11-8-9-13(17-12(11)2)10-16-15(18)19-14-6-4-3-5-7-14/h3-9,12,17H,10H2,1-2H3,(H,16,18)/t12-/m0/s1. The van der Waals surface area contributed by atoms with Crippen LogP contribution in [0.4, 0.5) is 4.79 Å². The highest BCUT2D eigenvalue weighted by molar-refractivity contribution is 5.70. The average Bonchev–Trinajstić information content (AvgIpc) is 2.41. The van der Waals surface area contributed by atoms with Gasteiger partial charge < -0.3 is 15.4 Å². The van der Waals surface area contributed by atoms with Crippen molar-refractivity contribution in [2.75, 3.05) is 6.54 Å². The summed E-state index contributed by atoms with van der Waals surface area (Å²) >= 11 is 0. The van der Waals surface area contributed by atoms with Crippen LogP contribution in [0.2, 0.25) is 0 Å². The van der Waals surface area contributed by atoms with Gasteiger partial charge in [0, 0.05) is 11.7 Å². The molecular weight excluding hydrogens is 240 g/mol. The van der Waals surface area contributed by atoms with E-state index in [0.29, 0.717) is 18.3 Å². The first-order chi connectivity index (χ1) is 9.15. The molecule has 1 aromatic carbocycles. The van der Waals surface area contributed by atoms with E-state index in [2.05, 4.69) is 30.6 Å². The number of para-hydroxylation sites is 1. The van der Waals surface area contributed by atoms with Gasteiger partial charge in [-0.25, -0.2) is 4.79 Å². The molecule has 2 N–H and O–H groups in total. The van der Waals surface area contributed by atoms with Gasteiger partial charge in [-0.15, -0.1) is 0 Å². The second-order valence-corrected chi connectivity index (χ2v) is 4.52. The Morgan fingerprint density at radius 2 is 2.05 bits per heavy atom. The molecule has 1 aromatic rings. The fourth-order valence-electron chi connectivity index (χ4n) is 1.73. The number of allylic oxidation sites excluding steroid dienone is 2. The summed E-state index contributed by atoms with van der Waals surface area (Å²) < 4.78 is 5.13. The molecule has 0 bridgehead atoms. The number of amides is 1. The molecule has 100 valence electrons. The minimum atomic E-state index is -0.451. The minimum absolute atomic E-state index is 0.298. The summed E-state index contributed by atoms with van der Waals surface area (Å²) in [6.07, 6.45) is 3.58. The summed E-state index contributed by atoms with van der Waals surface area (Å²) in [4.78, 5) is 11.6. The monoisotopic (exact) mass is 258 g/mol. The van der Waals surface area contributed by atoms with Crippen molar-refractivity contribution in [1.29, 1.82) is 0 Å². The quantitative estimate of drug-likeness (QED) is 0.876. The molecule has 19 heavy (non-hydrogen) atoms. The van der Waals surface area contributed by atoms with Crippen LogP contribution in [-0.2, 0) is 0 Å². The molecule has 0 spiro atoms. The van der Waals surface area contributed by atoms with E-state index < -0.39 is 6.09 Å². The van der Waals surface area contributed by atoms with Crippen molar-refractivity contribution >= 4 is 6.09 Å². The molecule has 1 atom stereocenters. The summed E-state index contributed by atoms with van der Waals surface area (Å²) in [5, 5.41) is 6.02. The second-order valence-electron chi connectivity index (χ2n) is 4.52. The van der Waals surface area contributed by atoms with Gasteiger partial charge in [0.2, 0.25) is 0 Å². The Hall–Kier alpha value is -2.23. The SMILES string of the molecule is CC1=CC=C(CNC(=O)Oc2ccccc2)N[C@H]1C. The normalized spacial score (nSPS) is 17.9. The van der Waals surface area contributed by atoms with Crippen LogP contribution in [-0.4, -0.2) is 18.7 Å². The van der Waals surface area contributed by atoms with Crippen molar-refractivity contribution in [2.24, 2.45) is 0 Å². The molecule has 4 nitrogen and oxygen atoms in total. The number of carbonyl (C=O) groups is 1. The van der Waals surface area contributed by atoms with Gasteiger partial charge in [0.25, 0.3) is 0 Å². The lowest BCUT2D eigenvalue weighted by Gasteiger charge is -2.22. The van der Waals surface area contributed by atoms with E-state index >= 15 is 0 Å². The Balaban J connectivity index is 1.82. The lowest BCUT2D eigenvalue weighted by atomic mass is 10.1. The maximum atomic E-state index is 11.6. The molecule has 1 heterocycles. The Bertz CT molecular complexity index is 506. The number of benzene rings is 1. The van der Waals surface area contributed by atoms with Crippen LogP contribution in [0.5, 0.6) is 5.75 Å². The van der Waals surface area contributed by atoms with Crippen LogP contribution >= 0.6 is 0 Å². The number of carbonyl (C=O) groups excluding carboxylic acids is 1. The molecular formula is C15H18N2O2. The van der Waals surface area contributed by atoms with Crippen molar-refractivity contribution in [3.05, 3.63) is 53.8 Å². The number of nitrogens with one attached hydrogen (secondary N) is 2. The fourth-order valence-corrected chi connectivity index (χ4v) is 1.73. The summed E-state index contributed by atoms with van der Waals surface area (Å²) in [6.45, 7) is 4.59. The third kappa shape index (κ3) is 3.88. The molecule has 0 saturated carbocycles. The maximum Gasteiger partial charge on any atom is 0.412 e. The van der Waals surface area contributed by atoms with Crippen molar-refractivity contribution in [1.82, 2.24) is 10.6 Å². The van der Waals surface area contributed by atoms with Gasteiger partial charge in [-0.2, -0.15) is 0 Å². The number of hydrogen-bond donors (Lipinski definition) is 2. The smallest absolute Gasteiger partial charge is 0.410 e. The zero-order valence-corrected chi connectivity index (χ0v) is 11.1. The van der Waals surface area contributed by atoms with E-state index in [1.165, 1.54) is 5.57 Å². The van der Waals surface area contributed by atoms with E-state index in [-0.39, 0.29) is 0 Å². The highest BCUT2D eigenvalue weighted by Crippen LogP contribution is 2.10. The zero-order valence-electron chi connectivity index (χ0n) is 11.1. The lowest BCUT2D eigenvalue weighted by molar-refractivity contribution is 0.201. The molecule has 0 saturated heterocycles. The van der Waals surface area contributed by atoms with Gasteiger partial charge >= 0.3 is 6.09 Å². The first kappa shape index (κ1) is 13.2. The molecule has 1 amide bonds. The van der Waals surface area contributed by atoms with Gasteiger partial charge in [-0.05, 0) is 32.1 Å². The highest BCUT2D eigenvalue weighted by atomic mass is 16.6. The van der Waals surface area contributed by atoms with Gasteiger partial charge in [-0.1, -0.05) is 29.8 Å². The molecule has 2 rings (SSSR count). The largest absolute Gasteiger partial charge is 0.412 e. The molecule has 0 radical (unpaired) electrons. The predicted octanol–water partition coefficient (Wildman–Crippen LogP) is 2.60. The van der Waals surface area contributed by atoms with E-state index in [0.717, 1.165) is 5.70 Å². The molecule has 0 aromatic heterocycles. The summed E-state index contributed by atoms with van der Waals surface area (Å²) in [6, 6.07) is 9.30. The van der Waals surface area contributed by atoms with Crippen molar-refractivity contribution < 1.29 is 9.53 Å². The topological polar surface area (TPSA) is 50.4 Å². The summed E-state index contributed by atoms with van der Waals surface area (Å²) in [5.74, 6) is 0.537. The highest BCUT2D eigenvalue weighted by Gasteiger charge is 2.11. The number of rotatable bonds is 3. The number of ether oxygens (including phenoxy) is 1. The Kier molecular flexibility index (Phi) is 4.23. The third-order valence-corrected chi connectivity index (χ3v) is 3.01. The van der Waals surface area contributed by atoms with E-state index in [1.807, 2.05) is 24.3 Å². The van der Waals surface area contributed by atoms with Gasteiger partial charge in [-0.3, -0.25) is 0 Å². The van der Waals surface area contributed by atoms with E-state index in [4.69, 9.17) is 4.74 Å². The van der Waals surface area contributed by atoms with Crippen molar-refractivity contribution in [3.8, 4) is 5.75 Å². The Morgan fingerprint density at radius 3 is 2.74 bits per heavy atom. The molecule has 1 aliphatic rings. The van der Waals surface area contributed by atoms with Crippen molar-refractivity contribution in [3.63, 3.8) is 0 Å². The zero-order chi connectivity index (χ0) is 13.7. The van der Waals surface area contributed by atoms with Crippen LogP contribution < -0.4 is 15.4 Å². The third-order valence-electron chi connectivity index (χ3n) is 3.01. The van der Waals surface area contributed by atoms with Crippen LogP contribution in [0.3, 0.4) is 0 Å². The average molecular weight is 258 g/mol. The van der Waals surface area contributed by atoms with Crippen LogP contribution in [0, 0.1) is 0 Å². The fraction of sp³-hybridized carbons (Fsp3) is 0.267. The second kappa shape index (κ2) is 6.09. The number of hydrogen-bond acceptors (Lipinski definition) is 3. The summed E-state index contributed by atoms with van der Waals surface area (Å²) in [5.41, 5.74) is 2.25. The maximum absolute atomic E-state index is 11.6. The first-order valence-electron chi connectivity index (χ1n) is 6.30. The summed E-state index contributed by atoms with van der Waals surface area (Å²) in [7, 11) is 0. The molecule has 0 aliphatic carbocycles. The van der Waals surface area contributed by atoms with Gasteiger partial charge in [0.15, 0.2) is 0 Å². The van der Waals surface area contributed by atoms with Crippen LogP contribution in [0.25, 0.3) is 0 Å². The molecule has 0 fully saturated rings. The Labute approximate surface area is 113 Å². The van der Waals surface area contributed by atoms with E-state index in [9.17, 15) is 4.79 Å². The number of dihydropyridines is 1. The van der Waals surface area contributed by atoms with Gasteiger partial charge in [0.05, 0.1) is 6.54 Å². The minimum Gasteiger partial charge on any atom is -0.410 e. The molecule has 1 aliphatic heterocycles. The van der Waals surface area contributed by atoms with Gasteiger partial charge in [0.1, 0.15) is 5.75 Å².